The van der Waals surface area contributed by atoms with E-state index in [1.807, 2.05) is 20.8 Å². The molecule has 0 amide bonds. The van der Waals surface area contributed by atoms with Crippen LogP contribution in [0.3, 0.4) is 0 Å². The fraction of sp³-hybridized carbons (Fsp3) is 0.348. The van der Waals surface area contributed by atoms with E-state index in [1.54, 1.807) is 16.8 Å². The number of nitrogens with zero attached hydrogens (tertiary/aromatic N) is 3. The number of imidazole rings is 1. The van der Waals surface area contributed by atoms with Crippen LogP contribution >= 0.6 is 0 Å². The molecule has 0 saturated carbocycles. The van der Waals surface area contributed by atoms with Gasteiger partial charge in [0.1, 0.15) is 6.29 Å². The van der Waals surface area contributed by atoms with E-state index < -0.39 is 39.1 Å². The van der Waals surface area contributed by atoms with E-state index in [4.69, 9.17) is 0 Å². The van der Waals surface area contributed by atoms with Crippen molar-refractivity contribution >= 4 is 16.3 Å². The monoisotopic (exact) mass is 494 g/mol. The maximum atomic E-state index is 12.8. The van der Waals surface area contributed by atoms with Crippen molar-refractivity contribution in [1.29, 1.82) is 0 Å². The third-order valence-corrected chi connectivity index (χ3v) is 6.82. The molecule has 3 rings (SSSR count). The molecule has 0 saturated heterocycles. The van der Waals surface area contributed by atoms with Crippen LogP contribution in [-0.2, 0) is 27.5 Å². The van der Waals surface area contributed by atoms with Gasteiger partial charge in [0.15, 0.2) is 5.03 Å². The normalized spacial score (nSPS) is 14.5. The van der Waals surface area contributed by atoms with E-state index in [-0.39, 0.29) is 11.6 Å². The summed E-state index contributed by atoms with van der Waals surface area (Å²) in [5.74, 6) is -0.474. The Morgan fingerprint density at radius 2 is 1.74 bits per heavy atom. The van der Waals surface area contributed by atoms with Crippen molar-refractivity contribution in [2.45, 2.75) is 44.6 Å². The molecular formula is C23H25F3N4O3S. The molecule has 2 atom stereocenters. The van der Waals surface area contributed by atoms with Gasteiger partial charge in [-0.15, -0.1) is 0 Å². The van der Waals surface area contributed by atoms with Crippen LogP contribution in [0.25, 0.3) is 11.3 Å². The van der Waals surface area contributed by atoms with Crippen molar-refractivity contribution in [1.82, 2.24) is 19.3 Å². The van der Waals surface area contributed by atoms with E-state index >= 15 is 0 Å². The van der Waals surface area contributed by atoms with Crippen LogP contribution in [0, 0.1) is 11.3 Å². The maximum absolute atomic E-state index is 12.8. The highest BCUT2D eigenvalue weighted by atomic mass is 32.2. The fourth-order valence-electron chi connectivity index (χ4n) is 3.54. The number of halogens is 3. The van der Waals surface area contributed by atoms with Crippen LogP contribution in [-0.4, -0.2) is 35.3 Å². The number of alkyl halides is 3. The lowest BCUT2D eigenvalue weighted by Crippen LogP contribution is -2.47. The molecule has 182 valence electrons. The van der Waals surface area contributed by atoms with Crippen molar-refractivity contribution in [3.63, 3.8) is 0 Å². The second-order valence-electron chi connectivity index (χ2n) is 8.95. The summed E-state index contributed by atoms with van der Waals surface area (Å²) in [7, 11) is -4.03. The number of benzene rings is 1. The van der Waals surface area contributed by atoms with Gasteiger partial charge in [0.2, 0.25) is 0 Å². The quantitative estimate of drug-likeness (QED) is 0.475. The zero-order valence-electron chi connectivity index (χ0n) is 18.8. The van der Waals surface area contributed by atoms with E-state index in [9.17, 15) is 26.4 Å². The Labute approximate surface area is 196 Å². The first kappa shape index (κ1) is 25.6. The molecule has 0 radical (unpaired) electrons. The zero-order valence-corrected chi connectivity index (χ0v) is 19.6. The molecule has 1 aromatic carbocycles. The van der Waals surface area contributed by atoms with Crippen molar-refractivity contribution < 1.29 is 26.4 Å². The topological polar surface area (TPSA) is 94.0 Å². The first-order chi connectivity index (χ1) is 15.8. The first-order valence-corrected chi connectivity index (χ1v) is 11.9. The third kappa shape index (κ3) is 6.09. The summed E-state index contributed by atoms with van der Waals surface area (Å²) in [5, 5.41) is -0.193. The Morgan fingerprint density at radius 3 is 2.26 bits per heavy atom. The van der Waals surface area contributed by atoms with E-state index in [1.165, 1.54) is 36.8 Å². The van der Waals surface area contributed by atoms with Gasteiger partial charge in [-0.25, -0.2) is 18.4 Å². The predicted octanol–water partition coefficient (Wildman–Crippen LogP) is 4.17. The molecule has 7 nitrogen and oxygen atoms in total. The lowest BCUT2D eigenvalue weighted by Gasteiger charge is -2.35. The minimum Gasteiger partial charge on any atom is -0.336 e. The summed E-state index contributed by atoms with van der Waals surface area (Å²) in [4.78, 5) is 20.1. The van der Waals surface area contributed by atoms with Gasteiger partial charge in [0.25, 0.3) is 10.0 Å². The lowest BCUT2D eigenvalue weighted by atomic mass is 9.76. The number of carbonyl (C=O) groups excluding carboxylic acids is 1. The van der Waals surface area contributed by atoms with E-state index in [0.29, 0.717) is 17.5 Å². The molecule has 0 spiro atoms. The van der Waals surface area contributed by atoms with Gasteiger partial charge in [-0.3, -0.25) is 0 Å². The fourth-order valence-corrected chi connectivity index (χ4v) is 4.70. The molecule has 1 N–H and O–H groups in total. The van der Waals surface area contributed by atoms with Crippen LogP contribution in [0.1, 0.15) is 26.3 Å². The number of rotatable bonds is 8. The SMILES string of the molecule is CC(C)(C)[C@@H](Cn1cnc(-c2ccc(C(F)(F)F)cc2)c1)C(C=O)NS(=O)(=O)c1ccccn1. The molecule has 0 aliphatic heterocycles. The van der Waals surface area contributed by atoms with Gasteiger partial charge in [-0.05, 0) is 29.7 Å². The summed E-state index contributed by atoms with van der Waals surface area (Å²) in [6.45, 7) is 5.90. The zero-order chi connectivity index (χ0) is 25.1. The highest BCUT2D eigenvalue weighted by Crippen LogP contribution is 2.32. The van der Waals surface area contributed by atoms with Gasteiger partial charge in [-0.2, -0.15) is 17.9 Å². The molecule has 0 aliphatic rings. The van der Waals surface area contributed by atoms with Gasteiger partial charge in [0.05, 0.1) is 23.6 Å². The molecular weight excluding hydrogens is 469 g/mol. The molecule has 2 aromatic heterocycles. The second-order valence-corrected chi connectivity index (χ2v) is 10.6. The number of aromatic nitrogens is 3. The Morgan fingerprint density at radius 1 is 1.06 bits per heavy atom. The number of pyridine rings is 1. The lowest BCUT2D eigenvalue weighted by molar-refractivity contribution is -0.137. The average Bonchev–Trinajstić information content (AvgIpc) is 3.24. The average molecular weight is 495 g/mol. The maximum Gasteiger partial charge on any atom is 0.416 e. The minimum atomic E-state index is -4.43. The van der Waals surface area contributed by atoms with Gasteiger partial charge < -0.3 is 9.36 Å². The summed E-state index contributed by atoms with van der Waals surface area (Å²) < 4.78 is 68.1. The van der Waals surface area contributed by atoms with Crippen LogP contribution in [0.4, 0.5) is 13.2 Å². The standard InChI is InChI=1S/C23H25F3N4O3S/c1-22(2,3)18(20(14-31)29-34(32,33)21-6-4-5-11-27-21)12-30-13-19(28-15-30)16-7-9-17(10-8-16)23(24,25)26/h4-11,13-15,18,20,29H,12H2,1-3H3/t18-,20?/m0/s1. The largest absolute Gasteiger partial charge is 0.416 e. The molecule has 11 heteroatoms. The second kappa shape index (κ2) is 9.67. The van der Waals surface area contributed by atoms with Crippen molar-refractivity contribution in [3.8, 4) is 11.3 Å². The van der Waals surface area contributed by atoms with E-state index in [0.717, 1.165) is 12.1 Å². The molecule has 1 unspecified atom stereocenters. The number of hydrogen-bond acceptors (Lipinski definition) is 5. The van der Waals surface area contributed by atoms with Crippen LogP contribution in [0.15, 0.2) is 66.2 Å². The van der Waals surface area contributed by atoms with Crippen molar-refractivity contribution in [3.05, 3.63) is 66.7 Å². The summed E-state index contributed by atoms with van der Waals surface area (Å²) >= 11 is 0. The molecule has 34 heavy (non-hydrogen) atoms. The molecule has 2 heterocycles. The smallest absolute Gasteiger partial charge is 0.336 e. The Kier molecular flexibility index (Phi) is 7.27. The van der Waals surface area contributed by atoms with Crippen molar-refractivity contribution in [2.75, 3.05) is 0 Å². The summed E-state index contributed by atoms with van der Waals surface area (Å²) in [6.07, 6.45) is 0.631. The van der Waals surface area contributed by atoms with E-state index in [2.05, 4.69) is 14.7 Å². The Bertz CT molecular complexity index is 1220. The third-order valence-electron chi connectivity index (χ3n) is 5.45. The predicted molar refractivity (Wildman–Crippen MR) is 120 cm³/mol. The first-order valence-electron chi connectivity index (χ1n) is 10.4. The molecule has 3 aromatic rings. The van der Waals surface area contributed by atoms with Gasteiger partial charge in [0, 0.05) is 30.4 Å². The molecule has 0 aliphatic carbocycles. The Hall–Kier alpha value is -3.05. The minimum absolute atomic E-state index is 0.193. The molecule has 0 fully saturated rings. The number of aldehydes is 1. The number of sulfonamides is 1. The Balaban J connectivity index is 1.83. The highest BCUT2D eigenvalue weighted by molar-refractivity contribution is 7.89. The number of hydrogen-bond donors (Lipinski definition) is 1. The van der Waals surface area contributed by atoms with Gasteiger partial charge in [-0.1, -0.05) is 39.0 Å². The van der Waals surface area contributed by atoms with Crippen LogP contribution in [0.2, 0.25) is 0 Å². The summed E-state index contributed by atoms with van der Waals surface area (Å²) in [5.41, 5.74) is -0.283. The van der Waals surface area contributed by atoms with Crippen LogP contribution in [0.5, 0.6) is 0 Å². The number of carbonyl (C=O) groups is 1. The highest BCUT2D eigenvalue weighted by Gasteiger charge is 2.36. The summed E-state index contributed by atoms with van der Waals surface area (Å²) in [6, 6.07) is 8.06. The number of nitrogens with one attached hydrogen (secondary N) is 1. The molecule has 0 bridgehead atoms. The van der Waals surface area contributed by atoms with Crippen LogP contribution < -0.4 is 4.72 Å². The van der Waals surface area contributed by atoms with Crippen molar-refractivity contribution in [2.24, 2.45) is 11.3 Å². The van der Waals surface area contributed by atoms with Gasteiger partial charge >= 0.3 is 6.18 Å².